The molecular formula is C7H10FN. The Labute approximate surface area is 54.3 Å². The second-order valence-corrected chi connectivity index (χ2v) is 2.06. The van der Waals surface area contributed by atoms with Crippen molar-refractivity contribution in [3.8, 4) is 0 Å². The Bertz CT molecular complexity index is 158. The average Bonchev–Trinajstić information content (AvgIpc) is 1.90. The highest BCUT2D eigenvalue weighted by molar-refractivity contribution is 5.18. The van der Waals surface area contributed by atoms with Crippen LogP contribution in [-0.4, -0.2) is 7.05 Å². The van der Waals surface area contributed by atoms with Crippen molar-refractivity contribution < 1.29 is 4.39 Å². The van der Waals surface area contributed by atoms with Crippen LogP contribution in [0.1, 0.15) is 12.8 Å². The third-order valence-corrected chi connectivity index (χ3v) is 1.42. The van der Waals surface area contributed by atoms with E-state index in [9.17, 15) is 4.39 Å². The Morgan fingerprint density at radius 2 is 2.22 bits per heavy atom. The normalized spacial score (nSPS) is 18.4. The SMILES string of the molecule is CNC1=CC=C(F)CC1. The van der Waals surface area contributed by atoms with Gasteiger partial charge in [0.2, 0.25) is 0 Å². The Hall–Kier alpha value is -0.790. The third kappa shape index (κ3) is 1.56. The number of halogens is 1. The Morgan fingerprint density at radius 3 is 2.67 bits per heavy atom. The fourth-order valence-electron chi connectivity index (χ4n) is 0.820. The smallest absolute Gasteiger partial charge is 0.100 e. The van der Waals surface area contributed by atoms with Crippen molar-refractivity contribution in [2.75, 3.05) is 7.05 Å². The number of nitrogens with one attached hydrogen (secondary N) is 1. The summed E-state index contributed by atoms with van der Waals surface area (Å²) in [6.45, 7) is 0. The van der Waals surface area contributed by atoms with Crippen LogP contribution in [0.25, 0.3) is 0 Å². The molecular weight excluding hydrogens is 117 g/mol. The fourth-order valence-corrected chi connectivity index (χ4v) is 0.820. The van der Waals surface area contributed by atoms with Crippen LogP contribution in [0, 0.1) is 0 Å². The molecule has 0 aromatic rings. The second-order valence-electron chi connectivity index (χ2n) is 2.06. The van der Waals surface area contributed by atoms with E-state index in [1.165, 1.54) is 6.08 Å². The lowest BCUT2D eigenvalue weighted by molar-refractivity contribution is 0.575. The fraction of sp³-hybridized carbons (Fsp3) is 0.429. The van der Waals surface area contributed by atoms with Gasteiger partial charge in [0.25, 0.3) is 0 Å². The molecule has 1 nitrogen and oxygen atoms in total. The van der Waals surface area contributed by atoms with E-state index in [2.05, 4.69) is 5.32 Å². The molecule has 0 aromatic carbocycles. The predicted molar refractivity (Wildman–Crippen MR) is 35.6 cm³/mol. The molecule has 0 radical (unpaired) electrons. The lowest BCUT2D eigenvalue weighted by Crippen LogP contribution is -2.07. The summed E-state index contributed by atoms with van der Waals surface area (Å²) < 4.78 is 12.3. The summed E-state index contributed by atoms with van der Waals surface area (Å²) in [5.74, 6) is -0.0194. The van der Waals surface area contributed by atoms with Crippen LogP contribution in [0.2, 0.25) is 0 Å². The zero-order chi connectivity index (χ0) is 6.69. The molecule has 0 aliphatic heterocycles. The summed E-state index contributed by atoms with van der Waals surface area (Å²) in [6.07, 6.45) is 4.64. The summed E-state index contributed by atoms with van der Waals surface area (Å²) in [6, 6.07) is 0. The molecule has 0 bridgehead atoms. The monoisotopic (exact) mass is 127 g/mol. The van der Waals surface area contributed by atoms with Crippen molar-refractivity contribution in [1.82, 2.24) is 5.32 Å². The quantitative estimate of drug-likeness (QED) is 0.565. The zero-order valence-corrected chi connectivity index (χ0v) is 5.45. The summed E-state index contributed by atoms with van der Waals surface area (Å²) in [5.41, 5.74) is 1.11. The topological polar surface area (TPSA) is 12.0 Å². The summed E-state index contributed by atoms with van der Waals surface area (Å²) in [5, 5.41) is 2.97. The van der Waals surface area contributed by atoms with E-state index in [1.807, 2.05) is 7.05 Å². The molecule has 0 saturated heterocycles. The third-order valence-electron chi connectivity index (χ3n) is 1.42. The van der Waals surface area contributed by atoms with E-state index in [-0.39, 0.29) is 5.83 Å². The highest BCUT2D eigenvalue weighted by Gasteiger charge is 2.02. The molecule has 1 N–H and O–H groups in total. The molecule has 0 saturated carbocycles. The average molecular weight is 127 g/mol. The first kappa shape index (κ1) is 6.33. The summed E-state index contributed by atoms with van der Waals surface area (Å²) in [7, 11) is 1.85. The number of hydrogen-bond donors (Lipinski definition) is 1. The van der Waals surface area contributed by atoms with Gasteiger partial charge in [-0.05, 0) is 18.6 Å². The number of rotatable bonds is 1. The zero-order valence-electron chi connectivity index (χ0n) is 5.45. The molecule has 0 atom stereocenters. The van der Waals surface area contributed by atoms with Crippen LogP contribution in [0.5, 0.6) is 0 Å². The van der Waals surface area contributed by atoms with Crippen LogP contribution in [-0.2, 0) is 0 Å². The van der Waals surface area contributed by atoms with Gasteiger partial charge in [-0.25, -0.2) is 4.39 Å². The molecule has 0 unspecified atom stereocenters. The van der Waals surface area contributed by atoms with Gasteiger partial charge < -0.3 is 5.32 Å². The summed E-state index contributed by atoms with van der Waals surface area (Å²) >= 11 is 0. The van der Waals surface area contributed by atoms with Crippen LogP contribution in [0.15, 0.2) is 23.7 Å². The van der Waals surface area contributed by atoms with Gasteiger partial charge in [-0.1, -0.05) is 0 Å². The molecule has 1 aliphatic carbocycles. The van der Waals surface area contributed by atoms with E-state index in [4.69, 9.17) is 0 Å². The largest absolute Gasteiger partial charge is 0.391 e. The number of hydrogen-bond acceptors (Lipinski definition) is 1. The first-order valence-corrected chi connectivity index (χ1v) is 3.06. The van der Waals surface area contributed by atoms with Gasteiger partial charge in [-0.2, -0.15) is 0 Å². The Morgan fingerprint density at radius 1 is 1.44 bits per heavy atom. The number of allylic oxidation sites excluding steroid dienone is 4. The van der Waals surface area contributed by atoms with Gasteiger partial charge in [-0.3, -0.25) is 0 Å². The molecule has 0 amide bonds. The molecule has 1 rings (SSSR count). The van der Waals surface area contributed by atoms with Gasteiger partial charge in [0.15, 0.2) is 0 Å². The molecule has 9 heavy (non-hydrogen) atoms. The van der Waals surface area contributed by atoms with Crippen molar-refractivity contribution in [3.63, 3.8) is 0 Å². The van der Waals surface area contributed by atoms with E-state index in [0.717, 1.165) is 12.1 Å². The van der Waals surface area contributed by atoms with Crippen LogP contribution in [0.3, 0.4) is 0 Å². The van der Waals surface area contributed by atoms with Gasteiger partial charge in [0.05, 0.1) is 0 Å². The van der Waals surface area contributed by atoms with E-state index in [1.54, 1.807) is 6.08 Å². The molecule has 0 fully saturated rings. The minimum absolute atomic E-state index is 0.0194. The maximum Gasteiger partial charge on any atom is 0.100 e. The van der Waals surface area contributed by atoms with Crippen molar-refractivity contribution in [2.24, 2.45) is 0 Å². The second kappa shape index (κ2) is 2.67. The molecule has 0 aromatic heterocycles. The summed E-state index contributed by atoms with van der Waals surface area (Å²) in [4.78, 5) is 0. The van der Waals surface area contributed by atoms with Crippen LogP contribution in [0.4, 0.5) is 4.39 Å². The highest BCUT2D eigenvalue weighted by Crippen LogP contribution is 2.16. The molecule has 0 spiro atoms. The maximum atomic E-state index is 12.3. The van der Waals surface area contributed by atoms with Crippen LogP contribution < -0.4 is 5.32 Å². The Balaban J connectivity index is 2.59. The highest BCUT2D eigenvalue weighted by atomic mass is 19.1. The minimum Gasteiger partial charge on any atom is -0.391 e. The first-order valence-electron chi connectivity index (χ1n) is 3.06. The van der Waals surface area contributed by atoms with Gasteiger partial charge >= 0.3 is 0 Å². The Kier molecular flexibility index (Phi) is 1.88. The molecule has 0 heterocycles. The van der Waals surface area contributed by atoms with E-state index in [0.29, 0.717) is 6.42 Å². The van der Waals surface area contributed by atoms with Gasteiger partial charge in [0, 0.05) is 19.2 Å². The maximum absolute atomic E-state index is 12.3. The van der Waals surface area contributed by atoms with E-state index < -0.39 is 0 Å². The molecule has 50 valence electrons. The van der Waals surface area contributed by atoms with E-state index >= 15 is 0 Å². The predicted octanol–water partition coefficient (Wildman–Crippen LogP) is 1.74. The van der Waals surface area contributed by atoms with Gasteiger partial charge in [-0.15, -0.1) is 0 Å². The minimum atomic E-state index is -0.0194. The molecule has 1 aliphatic rings. The van der Waals surface area contributed by atoms with Crippen molar-refractivity contribution in [3.05, 3.63) is 23.7 Å². The van der Waals surface area contributed by atoms with Crippen LogP contribution >= 0.6 is 0 Å². The van der Waals surface area contributed by atoms with Gasteiger partial charge in [0.1, 0.15) is 5.83 Å². The standard InChI is InChI=1S/C7H10FN/c1-9-7-4-2-6(8)3-5-7/h2,4,9H,3,5H2,1H3. The first-order chi connectivity index (χ1) is 4.33. The van der Waals surface area contributed by atoms with Crippen molar-refractivity contribution >= 4 is 0 Å². The lowest BCUT2D eigenvalue weighted by atomic mass is 10.1. The molecule has 2 heteroatoms. The van der Waals surface area contributed by atoms with Crippen molar-refractivity contribution in [1.29, 1.82) is 0 Å². The lowest BCUT2D eigenvalue weighted by Gasteiger charge is -2.08. The van der Waals surface area contributed by atoms with Crippen molar-refractivity contribution in [2.45, 2.75) is 12.8 Å².